The van der Waals surface area contributed by atoms with Crippen LogP contribution in [0.15, 0.2) is 66.9 Å². The molecule has 1 N–H and O–H groups in total. The number of hydrogen-bond donors (Lipinski definition) is 1. The maximum Gasteiger partial charge on any atom is 0.425 e. The molecular weight excluding hydrogens is 389 g/mol. The van der Waals surface area contributed by atoms with E-state index in [1.54, 1.807) is 30.7 Å². The molecule has 0 bridgehead atoms. The van der Waals surface area contributed by atoms with Gasteiger partial charge in [-0.15, -0.1) is 0 Å². The average molecular weight is 410 g/mol. The van der Waals surface area contributed by atoms with E-state index in [-0.39, 0.29) is 11.1 Å². The number of alkyl halides is 3. The summed E-state index contributed by atoms with van der Waals surface area (Å²) < 4.78 is 44.5. The summed E-state index contributed by atoms with van der Waals surface area (Å²) in [4.78, 5) is 0. The van der Waals surface area contributed by atoms with Gasteiger partial charge in [0.1, 0.15) is 0 Å². The Hall–Kier alpha value is -3.12. The molecule has 4 rings (SSSR count). The number of aryl methyl sites for hydroxylation is 3. The molecule has 4 aromatic rings. The summed E-state index contributed by atoms with van der Waals surface area (Å²) in [6, 6.07) is 16.7. The van der Waals surface area contributed by atoms with Crippen molar-refractivity contribution in [1.29, 1.82) is 0 Å². The molecule has 1 atom stereocenters. The number of rotatable bonds is 3. The van der Waals surface area contributed by atoms with Gasteiger partial charge in [-0.3, -0.25) is 0 Å². The first-order valence-electron chi connectivity index (χ1n) is 9.54. The lowest BCUT2D eigenvalue weighted by atomic mass is 9.81. The van der Waals surface area contributed by atoms with E-state index in [1.807, 2.05) is 37.3 Å². The SMILES string of the molecule is Cc1cc(C)c(C(O)(c2ccc3c(cnn3-c3ccccc3)c2)C(F)(F)F)cc1C. The van der Waals surface area contributed by atoms with Gasteiger partial charge in [0.05, 0.1) is 17.4 Å². The number of fused-ring (bicyclic) bond motifs is 1. The Morgan fingerprint density at radius 2 is 1.50 bits per heavy atom. The number of halogens is 3. The van der Waals surface area contributed by atoms with Gasteiger partial charge in [-0.2, -0.15) is 18.3 Å². The molecule has 154 valence electrons. The van der Waals surface area contributed by atoms with E-state index < -0.39 is 11.8 Å². The van der Waals surface area contributed by atoms with Crippen LogP contribution in [0.25, 0.3) is 16.6 Å². The van der Waals surface area contributed by atoms with Crippen LogP contribution in [-0.2, 0) is 5.60 Å². The number of nitrogens with zero attached hydrogens (tertiary/aromatic N) is 2. The van der Waals surface area contributed by atoms with E-state index >= 15 is 0 Å². The summed E-state index contributed by atoms with van der Waals surface area (Å²) in [6.07, 6.45) is -3.39. The highest BCUT2D eigenvalue weighted by Crippen LogP contribution is 2.46. The Bertz CT molecular complexity index is 1230. The summed E-state index contributed by atoms with van der Waals surface area (Å²) in [7, 11) is 0. The van der Waals surface area contributed by atoms with Crippen molar-refractivity contribution in [2.24, 2.45) is 0 Å². The number of hydrogen-bond acceptors (Lipinski definition) is 2. The second-order valence-electron chi connectivity index (χ2n) is 7.63. The molecule has 30 heavy (non-hydrogen) atoms. The lowest BCUT2D eigenvalue weighted by Gasteiger charge is -2.33. The molecule has 0 amide bonds. The van der Waals surface area contributed by atoms with E-state index in [2.05, 4.69) is 5.10 Å². The molecule has 0 aliphatic rings. The molecule has 1 heterocycles. The molecule has 6 heteroatoms. The predicted octanol–water partition coefficient (Wildman–Crippen LogP) is 5.75. The zero-order valence-corrected chi connectivity index (χ0v) is 16.8. The minimum Gasteiger partial charge on any atom is -0.372 e. The number of aromatic nitrogens is 2. The fraction of sp³-hybridized carbons (Fsp3) is 0.208. The minimum absolute atomic E-state index is 0.159. The van der Waals surface area contributed by atoms with Crippen LogP contribution in [0.4, 0.5) is 13.2 Å². The molecule has 0 fully saturated rings. The van der Waals surface area contributed by atoms with Gasteiger partial charge in [0.2, 0.25) is 5.60 Å². The topological polar surface area (TPSA) is 38.1 Å². The van der Waals surface area contributed by atoms with Crippen LogP contribution in [0.3, 0.4) is 0 Å². The first kappa shape index (κ1) is 20.2. The van der Waals surface area contributed by atoms with Crippen LogP contribution in [0, 0.1) is 20.8 Å². The standard InChI is InChI=1S/C24H21F3N2O/c1-15-11-17(3)21(12-16(15)2)23(30,24(25,26)27)19-9-10-22-18(13-19)14-28-29(22)20-7-5-4-6-8-20/h4-14,30H,1-3H3. The molecule has 0 radical (unpaired) electrons. The van der Waals surface area contributed by atoms with Crippen molar-refractivity contribution in [1.82, 2.24) is 9.78 Å². The van der Waals surface area contributed by atoms with Crippen molar-refractivity contribution in [2.45, 2.75) is 32.5 Å². The van der Waals surface area contributed by atoms with Crippen molar-refractivity contribution in [3.8, 4) is 5.69 Å². The van der Waals surface area contributed by atoms with Crippen molar-refractivity contribution in [2.75, 3.05) is 0 Å². The smallest absolute Gasteiger partial charge is 0.372 e. The van der Waals surface area contributed by atoms with Gasteiger partial charge >= 0.3 is 6.18 Å². The highest BCUT2D eigenvalue weighted by atomic mass is 19.4. The van der Waals surface area contributed by atoms with Gasteiger partial charge in [0.25, 0.3) is 0 Å². The Morgan fingerprint density at radius 1 is 0.833 bits per heavy atom. The lowest BCUT2D eigenvalue weighted by Crippen LogP contribution is -2.44. The Labute approximate surface area is 172 Å². The van der Waals surface area contributed by atoms with E-state index in [0.29, 0.717) is 22.0 Å². The summed E-state index contributed by atoms with van der Waals surface area (Å²) in [5.41, 5.74) is -0.106. The molecule has 1 unspecified atom stereocenters. The molecule has 3 aromatic carbocycles. The van der Waals surface area contributed by atoms with Crippen LogP contribution in [0.1, 0.15) is 27.8 Å². The zero-order valence-electron chi connectivity index (χ0n) is 16.8. The van der Waals surface area contributed by atoms with Crippen molar-refractivity contribution in [3.63, 3.8) is 0 Å². The predicted molar refractivity (Wildman–Crippen MR) is 111 cm³/mol. The third kappa shape index (κ3) is 3.08. The molecule has 0 aliphatic heterocycles. The van der Waals surface area contributed by atoms with Gasteiger partial charge < -0.3 is 5.11 Å². The molecule has 3 nitrogen and oxygen atoms in total. The summed E-state index contributed by atoms with van der Waals surface area (Å²) in [6.45, 7) is 5.16. The Kier molecular flexibility index (Phi) is 4.70. The average Bonchev–Trinajstić information content (AvgIpc) is 3.13. The third-order valence-corrected chi connectivity index (χ3v) is 5.63. The number of benzene rings is 3. The van der Waals surface area contributed by atoms with Gasteiger partial charge in [0.15, 0.2) is 0 Å². The molecular formula is C24H21F3N2O. The van der Waals surface area contributed by atoms with E-state index in [0.717, 1.165) is 11.3 Å². The first-order chi connectivity index (χ1) is 14.1. The van der Waals surface area contributed by atoms with Crippen molar-refractivity contribution >= 4 is 10.9 Å². The molecule has 0 aliphatic carbocycles. The highest BCUT2D eigenvalue weighted by Gasteiger charge is 2.57. The van der Waals surface area contributed by atoms with Crippen LogP contribution in [0.5, 0.6) is 0 Å². The number of para-hydroxylation sites is 1. The minimum atomic E-state index is -4.90. The van der Waals surface area contributed by atoms with Crippen LogP contribution < -0.4 is 0 Å². The van der Waals surface area contributed by atoms with Crippen molar-refractivity contribution < 1.29 is 18.3 Å². The fourth-order valence-corrected chi connectivity index (χ4v) is 3.86. The summed E-state index contributed by atoms with van der Waals surface area (Å²) in [5.74, 6) is 0. The van der Waals surface area contributed by atoms with Gasteiger partial charge in [-0.1, -0.05) is 36.4 Å². The van der Waals surface area contributed by atoms with Gasteiger partial charge in [-0.05, 0) is 67.3 Å². The second-order valence-corrected chi connectivity index (χ2v) is 7.63. The first-order valence-corrected chi connectivity index (χ1v) is 9.54. The van der Waals surface area contributed by atoms with Crippen molar-refractivity contribution in [3.05, 3.63) is 94.7 Å². The van der Waals surface area contributed by atoms with Crippen LogP contribution in [-0.4, -0.2) is 21.1 Å². The van der Waals surface area contributed by atoms with E-state index in [4.69, 9.17) is 0 Å². The Morgan fingerprint density at radius 3 is 2.17 bits per heavy atom. The van der Waals surface area contributed by atoms with Gasteiger partial charge in [-0.25, -0.2) is 4.68 Å². The third-order valence-electron chi connectivity index (χ3n) is 5.63. The molecule has 0 spiro atoms. The summed E-state index contributed by atoms with van der Waals surface area (Å²) in [5, 5.41) is 16.0. The monoisotopic (exact) mass is 410 g/mol. The number of aliphatic hydroxyl groups is 1. The maximum atomic E-state index is 14.3. The van der Waals surface area contributed by atoms with Crippen LogP contribution in [0.2, 0.25) is 0 Å². The summed E-state index contributed by atoms with van der Waals surface area (Å²) >= 11 is 0. The molecule has 1 aromatic heterocycles. The lowest BCUT2D eigenvalue weighted by molar-refractivity contribution is -0.248. The fourth-order valence-electron chi connectivity index (χ4n) is 3.86. The zero-order chi connectivity index (χ0) is 21.7. The van der Waals surface area contributed by atoms with Gasteiger partial charge in [0, 0.05) is 10.9 Å². The maximum absolute atomic E-state index is 14.3. The Balaban J connectivity index is 1.92. The van der Waals surface area contributed by atoms with E-state index in [1.165, 1.54) is 24.4 Å². The van der Waals surface area contributed by atoms with E-state index in [9.17, 15) is 18.3 Å². The second kappa shape index (κ2) is 6.99. The normalized spacial score (nSPS) is 14.1. The molecule has 0 saturated heterocycles. The highest BCUT2D eigenvalue weighted by molar-refractivity contribution is 5.81. The van der Waals surface area contributed by atoms with Crippen LogP contribution >= 0.6 is 0 Å². The quantitative estimate of drug-likeness (QED) is 0.467. The largest absolute Gasteiger partial charge is 0.425 e. The molecule has 0 saturated carbocycles.